The van der Waals surface area contributed by atoms with E-state index in [9.17, 15) is 0 Å². The molecule has 0 bridgehead atoms. The SMILES string of the molecule is Cc1cc(Nc2cc(-c3ccccc3)nc(NC3CCCCC3)n2)ccc1Cl. The molecule has 4 nitrogen and oxygen atoms in total. The Kier molecular flexibility index (Phi) is 5.77. The summed E-state index contributed by atoms with van der Waals surface area (Å²) in [5, 5.41) is 7.73. The van der Waals surface area contributed by atoms with Gasteiger partial charge in [-0.25, -0.2) is 4.98 Å². The van der Waals surface area contributed by atoms with Crippen LogP contribution in [0.3, 0.4) is 0 Å². The van der Waals surface area contributed by atoms with Crippen molar-refractivity contribution in [1.29, 1.82) is 0 Å². The van der Waals surface area contributed by atoms with Gasteiger partial charge in [0.25, 0.3) is 0 Å². The summed E-state index contributed by atoms with van der Waals surface area (Å²) in [4.78, 5) is 9.52. The summed E-state index contributed by atoms with van der Waals surface area (Å²) < 4.78 is 0. The zero-order chi connectivity index (χ0) is 19.3. The Bertz CT molecular complexity index is 937. The van der Waals surface area contributed by atoms with E-state index in [0.717, 1.165) is 33.3 Å². The van der Waals surface area contributed by atoms with Crippen molar-refractivity contribution in [2.24, 2.45) is 0 Å². The average Bonchev–Trinajstić information content (AvgIpc) is 2.72. The molecule has 0 unspecified atom stereocenters. The van der Waals surface area contributed by atoms with Crippen LogP contribution in [0.4, 0.5) is 17.5 Å². The molecule has 2 aromatic carbocycles. The van der Waals surface area contributed by atoms with Crippen molar-refractivity contribution in [3.63, 3.8) is 0 Å². The number of hydrogen-bond donors (Lipinski definition) is 2. The molecular weight excluding hydrogens is 368 g/mol. The highest BCUT2D eigenvalue weighted by atomic mass is 35.5. The molecule has 4 rings (SSSR count). The van der Waals surface area contributed by atoms with Gasteiger partial charge >= 0.3 is 0 Å². The number of nitrogens with one attached hydrogen (secondary N) is 2. The first kappa shape index (κ1) is 18.8. The van der Waals surface area contributed by atoms with Crippen molar-refractivity contribution in [3.05, 3.63) is 65.2 Å². The van der Waals surface area contributed by atoms with Gasteiger partial charge in [0.1, 0.15) is 5.82 Å². The lowest BCUT2D eigenvalue weighted by Crippen LogP contribution is -2.23. The van der Waals surface area contributed by atoms with Crippen LogP contribution in [0, 0.1) is 6.92 Å². The van der Waals surface area contributed by atoms with E-state index in [-0.39, 0.29) is 0 Å². The molecule has 1 aliphatic rings. The second kappa shape index (κ2) is 8.61. The van der Waals surface area contributed by atoms with Crippen LogP contribution in [-0.4, -0.2) is 16.0 Å². The minimum absolute atomic E-state index is 0.449. The Balaban J connectivity index is 1.65. The fourth-order valence-corrected chi connectivity index (χ4v) is 3.75. The maximum atomic E-state index is 6.16. The molecule has 1 saturated carbocycles. The van der Waals surface area contributed by atoms with Crippen molar-refractivity contribution in [2.45, 2.75) is 45.1 Å². The van der Waals surface area contributed by atoms with E-state index in [1.165, 1.54) is 32.1 Å². The van der Waals surface area contributed by atoms with Crippen LogP contribution in [-0.2, 0) is 0 Å². The highest BCUT2D eigenvalue weighted by molar-refractivity contribution is 6.31. The van der Waals surface area contributed by atoms with E-state index in [2.05, 4.69) is 22.8 Å². The van der Waals surface area contributed by atoms with E-state index >= 15 is 0 Å². The van der Waals surface area contributed by atoms with E-state index < -0.39 is 0 Å². The maximum absolute atomic E-state index is 6.16. The van der Waals surface area contributed by atoms with E-state index in [4.69, 9.17) is 21.6 Å². The van der Waals surface area contributed by atoms with Gasteiger partial charge in [-0.05, 0) is 43.5 Å². The summed E-state index contributed by atoms with van der Waals surface area (Å²) in [6.07, 6.45) is 6.22. The van der Waals surface area contributed by atoms with Crippen LogP contribution in [0.2, 0.25) is 5.02 Å². The Morgan fingerprint density at radius 3 is 2.46 bits per heavy atom. The molecule has 0 atom stereocenters. The minimum Gasteiger partial charge on any atom is -0.351 e. The number of benzene rings is 2. The quantitative estimate of drug-likeness (QED) is 0.514. The second-order valence-corrected chi connectivity index (χ2v) is 7.80. The molecule has 3 aromatic rings. The van der Waals surface area contributed by atoms with E-state index in [0.29, 0.717) is 12.0 Å². The number of nitrogens with zero attached hydrogens (tertiary/aromatic N) is 2. The second-order valence-electron chi connectivity index (χ2n) is 7.40. The van der Waals surface area contributed by atoms with Gasteiger partial charge in [-0.1, -0.05) is 61.2 Å². The number of hydrogen-bond acceptors (Lipinski definition) is 4. The smallest absolute Gasteiger partial charge is 0.225 e. The Morgan fingerprint density at radius 1 is 0.929 bits per heavy atom. The molecule has 144 valence electrons. The predicted molar refractivity (Wildman–Crippen MR) is 117 cm³/mol. The molecule has 1 aromatic heterocycles. The van der Waals surface area contributed by atoms with Crippen LogP contribution in [0.25, 0.3) is 11.3 Å². The van der Waals surface area contributed by atoms with Gasteiger partial charge in [-0.2, -0.15) is 4.98 Å². The van der Waals surface area contributed by atoms with Gasteiger partial charge in [-0.3, -0.25) is 0 Å². The Labute approximate surface area is 171 Å². The molecule has 0 radical (unpaired) electrons. The third-order valence-electron chi connectivity index (χ3n) is 5.16. The first-order valence-electron chi connectivity index (χ1n) is 9.91. The fourth-order valence-electron chi connectivity index (χ4n) is 3.63. The lowest BCUT2D eigenvalue weighted by atomic mass is 9.96. The molecule has 5 heteroatoms. The predicted octanol–water partition coefficient (Wildman–Crippen LogP) is 6.59. The topological polar surface area (TPSA) is 49.8 Å². The van der Waals surface area contributed by atoms with Crippen LogP contribution in [0.1, 0.15) is 37.7 Å². The summed E-state index contributed by atoms with van der Waals surface area (Å²) in [5.74, 6) is 1.45. The molecule has 0 aliphatic heterocycles. The summed E-state index contributed by atoms with van der Waals surface area (Å²) in [6, 6.07) is 18.6. The highest BCUT2D eigenvalue weighted by Gasteiger charge is 2.15. The summed E-state index contributed by atoms with van der Waals surface area (Å²) in [7, 11) is 0. The summed E-state index contributed by atoms with van der Waals surface area (Å²) in [5.41, 5.74) is 3.97. The molecule has 1 fully saturated rings. The van der Waals surface area contributed by atoms with E-state index in [1.54, 1.807) is 0 Å². The molecule has 0 spiro atoms. The maximum Gasteiger partial charge on any atom is 0.225 e. The Hall–Kier alpha value is -2.59. The molecule has 2 N–H and O–H groups in total. The van der Waals surface area contributed by atoms with Crippen LogP contribution < -0.4 is 10.6 Å². The standard InChI is InChI=1S/C23H25ClN4/c1-16-14-19(12-13-20(16)24)25-22-15-21(17-8-4-2-5-9-17)27-23(28-22)26-18-10-6-3-7-11-18/h2,4-5,8-9,12-15,18H,3,6-7,10-11H2,1H3,(H2,25,26,27,28). The normalized spacial score (nSPS) is 14.6. The van der Waals surface area contributed by atoms with Gasteiger partial charge < -0.3 is 10.6 Å². The van der Waals surface area contributed by atoms with Crippen LogP contribution in [0.5, 0.6) is 0 Å². The minimum atomic E-state index is 0.449. The number of rotatable bonds is 5. The van der Waals surface area contributed by atoms with Crippen LogP contribution in [0.15, 0.2) is 54.6 Å². The molecule has 28 heavy (non-hydrogen) atoms. The zero-order valence-electron chi connectivity index (χ0n) is 16.1. The molecular formula is C23H25ClN4. The lowest BCUT2D eigenvalue weighted by molar-refractivity contribution is 0.461. The number of aryl methyl sites for hydroxylation is 1. The monoisotopic (exact) mass is 392 g/mol. The summed E-state index contributed by atoms with van der Waals surface area (Å²) in [6.45, 7) is 2.00. The van der Waals surface area contributed by atoms with Gasteiger partial charge in [-0.15, -0.1) is 0 Å². The molecule has 0 saturated heterocycles. The van der Waals surface area contributed by atoms with Gasteiger partial charge in [0, 0.05) is 28.4 Å². The third-order valence-corrected chi connectivity index (χ3v) is 5.59. The van der Waals surface area contributed by atoms with Crippen molar-refractivity contribution in [2.75, 3.05) is 10.6 Å². The molecule has 1 aliphatic carbocycles. The number of aromatic nitrogens is 2. The molecule has 1 heterocycles. The fraction of sp³-hybridized carbons (Fsp3) is 0.304. The third kappa shape index (κ3) is 4.63. The van der Waals surface area contributed by atoms with Crippen molar-refractivity contribution in [1.82, 2.24) is 9.97 Å². The average molecular weight is 393 g/mol. The summed E-state index contributed by atoms with van der Waals surface area (Å²) >= 11 is 6.16. The number of halogens is 1. The first-order valence-corrected chi connectivity index (χ1v) is 10.3. The molecule has 0 amide bonds. The largest absolute Gasteiger partial charge is 0.351 e. The first-order chi connectivity index (χ1) is 13.7. The number of anilines is 3. The lowest BCUT2D eigenvalue weighted by Gasteiger charge is -2.23. The highest BCUT2D eigenvalue weighted by Crippen LogP contribution is 2.27. The van der Waals surface area contributed by atoms with Crippen LogP contribution >= 0.6 is 11.6 Å². The van der Waals surface area contributed by atoms with Crippen molar-refractivity contribution >= 4 is 29.1 Å². The van der Waals surface area contributed by atoms with Gasteiger partial charge in [0.05, 0.1) is 5.69 Å². The van der Waals surface area contributed by atoms with E-state index in [1.807, 2.05) is 49.4 Å². The van der Waals surface area contributed by atoms with Crippen molar-refractivity contribution in [3.8, 4) is 11.3 Å². The Morgan fingerprint density at radius 2 is 1.71 bits per heavy atom. The zero-order valence-corrected chi connectivity index (χ0v) is 16.8. The van der Waals surface area contributed by atoms with Gasteiger partial charge in [0.2, 0.25) is 5.95 Å². The van der Waals surface area contributed by atoms with Crippen molar-refractivity contribution < 1.29 is 0 Å². The van der Waals surface area contributed by atoms with Gasteiger partial charge in [0.15, 0.2) is 0 Å².